The summed E-state index contributed by atoms with van der Waals surface area (Å²) in [6.07, 6.45) is 12.3. The van der Waals surface area contributed by atoms with Crippen LogP contribution in [0.1, 0.15) is 148 Å². The minimum absolute atomic E-state index is 0.222. The minimum Gasteiger partial charge on any atom is -0.508 e. The maximum atomic E-state index is 13.6. The normalized spacial score (nSPS) is 15.0. The van der Waals surface area contributed by atoms with E-state index in [-0.39, 0.29) is 39.6 Å². The van der Waals surface area contributed by atoms with E-state index >= 15 is 0 Å². The van der Waals surface area contributed by atoms with Crippen molar-refractivity contribution in [3.63, 3.8) is 0 Å². The summed E-state index contributed by atoms with van der Waals surface area (Å²) in [4.78, 5) is 15.7. The van der Waals surface area contributed by atoms with Crippen LogP contribution in [0.3, 0.4) is 0 Å². The summed E-state index contributed by atoms with van der Waals surface area (Å²) in [6.45, 7) is 16.5. The van der Waals surface area contributed by atoms with Crippen LogP contribution in [0.15, 0.2) is 60.7 Å². The Bertz CT molecular complexity index is 1690. The van der Waals surface area contributed by atoms with Gasteiger partial charge in [-0.2, -0.15) is 0 Å². The molecule has 0 amide bonds. The molecule has 0 aromatic heterocycles. The van der Waals surface area contributed by atoms with Gasteiger partial charge in [0.15, 0.2) is 9.84 Å². The van der Waals surface area contributed by atoms with Gasteiger partial charge in [-0.3, -0.25) is 4.79 Å². The van der Waals surface area contributed by atoms with Crippen LogP contribution in [0.25, 0.3) is 0 Å². The third-order valence-electron chi connectivity index (χ3n) is 11.1. The van der Waals surface area contributed by atoms with E-state index < -0.39 is 15.3 Å². The van der Waals surface area contributed by atoms with Crippen molar-refractivity contribution in [1.82, 2.24) is 0 Å². The Morgan fingerprint density at radius 2 is 1.09 bits per heavy atom. The summed E-state index contributed by atoms with van der Waals surface area (Å²) in [5, 5.41) is 21.4. The highest BCUT2D eigenvalue weighted by molar-refractivity contribution is 7.91. The average molecular weight is 762 g/mol. The highest BCUT2D eigenvalue weighted by atomic mass is 32.2. The van der Waals surface area contributed by atoms with Gasteiger partial charge in [0, 0.05) is 37.0 Å². The van der Waals surface area contributed by atoms with Crippen molar-refractivity contribution >= 4 is 21.3 Å². The standard InChI is InChI=1S/C46H67NO6S/c1-44(2,3)40-32-35(19-25-42(40)49)46(7,36-20-26-43(50)41(33-36)45(4,5)6)34-38(48)18-16-14-12-10-8-9-11-13-15-17-29-53-39-23-21-37(22-24-39)47-27-30-54(51,52)31-28-47/h19-26,32-33,49-50H,8-18,27-31,34H2,1-7H3. The molecule has 1 saturated heterocycles. The lowest BCUT2D eigenvalue weighted by Gasteiger charge is -2.34. The van der Waals surface area contributed by atoms with Gasteiger partial charge < -0.3 is 19.8 Å². The van der Waals surface area contributed by atoms with Crippen LogP contribution in [0.4, 0.5) is 5.69 Å². The number of anilines is 1. The number of Topliss-reactive ketones (excluding diaryl/α,β-unsaturated/α-hetero) is 1. The Kier molecular flexibility index (Phi) is 15.1. The Morgan fingerprint density at radius 3 is 1.56 bits per heavy atom. The first-order valence-corrected chi connectivity index (χ1v) is 22.1. The first-order chi connectivity index (χ1) is 25.4. The molecule has 298 valence electrons. The highest BCUT2D eigenvalue weighted by Crippen LogP contribution is 2.43. The van der Waals surface area contributed by atoms with Crippen LogP contribution in [0, 0.1) is 0 Å². The summed E-state index contributed by atoms with van der Waals surface area (Å²) < 4.78 is 29.3. The Labute approximate surface area is 326 Å². The van der Waals surface area contributed by atoms with E-state index in [0.717, 1.165) is 65.8 Å². The monoisotopic (exact) mass is 761 g/mol. The Hall–Kier alpha value is -3.52. The number of phenols is 2. The predicted molar refractivity (Wildman–Crippen MR) is 223 cm³/mol. The second kappa shape index (κ2) is 18.9. The van der Waals surface area contributed by atoms with Gasteiger partial charge in [-0.25, -0.2) is 8.42 Å². The molecule has 3 aromatic rings. The molecule has 1 aliphatic heterocycles. The van der Waals surface area contributed by atoms with E-state index in [1.54, 1.807) is 12.1 Å². The van der Waals surface area contributed by atoms with E-state index in [0.29, 0.717) is 32.5 Å². The van der Waals surface area contributed by atoms with Crippen LogP contribution < -0.4 is 9.64 Å². The molecule has 0 unspecified atom stereocenters. The number of ether oxygens (including phenoxy) is 1. The zero-order valence-corrected chi connectivity index (χ0v) is 35.0. The first-order valence-electron chi connectivity index (χ1n) is 20.3. The molecule has 1 fully saturated rings. The van der Waals surface area contributed by atoms with Gasteiger partial charge in [-0.15, -0.1) is 0 Å². The van der Waals surface area contributed by atoms with E-state index in [4.69, 9.17) is 4.74 Å². The largest absolute Gasteiger partial charge is 0.508 e. The van der Waals surface area contributed by atoms with Crippen LogP contribution >= 0.6 is 0 Å². The predicted octanol–water partition coefficient (Wildman–Crippen LogP) is 10.6. The number of aromatic hydroxyl groups is 2. The van der Waals surface area contributed by atoms with E-state index in [2.05, 4.69) is 65.5 Å². The first kappa shape index (κ1) is 43.2. The van der Waals surface area contributed by atoms with Crippen molar-refractivity contribution < 1.29 is 28.2 Å². The molecule has 0 bridgehead atoms. The quantitative estimate of drug-likeness (QED) is 0.117. The van der Waals surface area contributed by atoms with Crippen molar-refractivity contribution in [3.05, 3.63) is 82.9 Å². The number of sulfone groups is 1. The minimum atomic E-state index is -2.88. The number of carbonyl (C=O) groups excluding carboxylic acids is 1. The van der Waals surface area contributed by atoms with Gasteiger partial charge in [0.05, 0.1) is 18.1 Å². The summed E-state index contributed by atoms with van der Waals surface area (Å²) in [5.74, 6) is 2.08. The van der Waals surface area contributed by atoms with Gasteiger partial charge in [-0.1, -0.05) is 124 Å². The number of hydrogen-bond acceptors (Lipinski definition) is 7. The van der Waals surface area contributed by atoms with E-state index in [9.17, 15) is 23.4 Å². The molecular weight excluding hydrogens is 695 g/mol. The van der Waals surface area contributed by atoms with E-state index in [1.807, 2.05) is 36.4 Å². The second-order valence-electron chi connectivity index (χ2n) is 17.8. The fourth-order valence-electron chi connectivity index (χ4n) is 7.57. The maximum absolute atomic E-state index is 13.6. The molecule has 2 N–H and O–H groups in total. The van der Waals surface area contributed by atoms with Gasteiger partial charge in [-0.05, 0) is 82.3 Å². The van der Waals surface area contributed by atoms with Crippen molar-refractivity contribution in [2.24, 2.45) is 0 Å². The van der Waals surface area contributed by atoms with Crippen LogP contribution in [0.5, 0.6) is 17.2 Å². The molecule has 1 heterocycles. The number of ketones is 1. The summed E-state index contributed by atoms with van der Waals surface area (Å²) in [7, 11) is -2.88. The van der Waals surface area contributed by atoms with Crippen molar-refractivity contribution in [2.45, 2.75) is 142 Å². The molecule has 0 radical (unpaired) electrons. The topological polar surface area (TPSA) is 104 Å². The summed E-state index contributed by atoms with van der Waals surface area (Å²) >= 11 is 0. The molecule has 0 saturated carbocycles. The highest BCUT2D eigenvalue weighted by Gasteiger charge is 2.35. The molecule has 54 heavy (non-hydrogen) atoms. The number of phenolic OH excluding ortho intramolecular Hbond substituents is 2. The van der Waals surface area contributed by atoms with Crippen molar-refractivity contribution in [1.29, 1.82) is 0 Å². The third-order valence-corrected chi connectivity index (χ3v) is 12.7. The molecule has 7 nitrogen and oxygen atoms in total. The van der Waals surface area contributed by atoms with E-state index in [1.165, 1.54) is 32.1 Å². The number of nitrogens with zero attached hydrogens (tertiary/aromatic N) is 1. The SMILES string of the molecule is CC(C)(C)c1cc(C(C)(CC(=O)CCCCCCCCCCCCOc2ccc(N3CCS(=O)(=O)CC3)cc2)c2ccc(O)c(C(C)(C)C)c2)ccc1O. The molecule has 0 spiro atoms. The Morgan fingerprint density at radius 1 is 0.648 bits per heavy atom. The van der Waals surface area contributed by atoms with Crippen LogP contribution in [-0.4, -0.2) is 55.6 Å². The second-order valence-corrected chi connectivity index (χ2v) is 20.1. The maximum Gasteiger partial charge on any atom is 0.153 e. The lowest BCUT2D eigenvalue weighted by Crippen LogP contribution is -2.40. The zero-order chi connectivity index (χ0) is 39.6. The number of unbranched alkanes of at least 4 members (excludes halogenated alkanes) is 9. The average Bonchev–Trinajstić information content (AvgIpc) is 3.10. The molecule has 8 heteroatoms. The summed E-state index contributed by atoms with van der Waals surface area (Å²) in [5.41, 5.74) is 3.64. The van der Waals surface area contributed by atoms with Gasteiger partial charge in [0.1, 0.15) is 23.0 Å². The fourth-order valence-corrected chi connectivity index (χ4v) is 8.77. The number of rotatable bonds is 19. The third kappa shape index (κ3) is 12.5. The Balaban J connectivity index is 1.15. The number of benzene rings is 3. The lowest BCUT2D eigenvalue weighted by molar-refractivity contribution is -0.120. The molecule has 0 atom stereocenters. The van der Waals surface area contributed by atoms with Gasteiger partial charge >= 0.3 is 0 Å². The number of carbonyl (C=O) groups is 1. The van der Waals surface area contributed by atoms with Crippen LogP contribution in [-0.2, 0) is 30.9 Å². The molecular formula is C46H67NO6S. The number of hydrogen-bond donors (Lipinski definition) is 2. The lowest BCUT2D eigenvalue weighted by atomic mass is 9.69. The molecule has 0 aliphatic carbocycles. The van der Waals surface area contributed by atoms with Crippen molar-refractivity contribution in [3.8, 4) is 17.2 Å². The zero-order valence-electron chi connectivity index (χ0n) is 34.2. The fraction of sp³-hybridized carbons (Fsp3) is 0.587. The molecule has 3 aromatic carbocycles. The van der Waals surface area contributed by atoms with Gasteiger partial charge in [0.2, 0.25) is 0 Å². The molecule has 1 aliphatic rings. The van der Waals surface area contributed by atoms with Crippen molar-refractivity contribution in [2.75, 3.05) is 36.1 Å². The molecule has 4 rings (SSSR count). The van der Waals surface area contributed by atoms with Crippen LogP contribution in [0.2, 0.25) is 0 Å². The summed E-state index contributed by atoms with van der Waals surface area (Å²) in [6, 6.07) is 19.5. The van der Waals surface area contributed by atoms with Gasteiger partial charge in [0.25, 0.3) is 0 Å². The smallest absolute Gasteiger partial charge is 0.153 e.